The first-order valence-electron chi connectivity index (χ1n) is 10.7. The van der Waals surface area contributed by atoms with Crippen LogP contribution < -0.4 is 10.2 Å². The van der Waals surface area contributed by atoms with Crippen molar-refractivity contribution in [3.63, 3.8) is 0 Å². The normalized spacial score (nSPS) is 15.8. The second-order valence-corrected chi connectivity index (χ2v) is 11.8. The van der Waals surface area contributed by atoms with Gasteiger partial charge in [-0.1, -0.05) is 32.9 Å². The molecule has 0 spiro atoms. The number of hydrogen-bond donors (Lipinski definition) is 1. The summed E-state index contributed by atoms with van der Waals surface area (Å²) in [6.45, 7) is 6.91. The smallest absolute Gasteiger partial charge is 0.341 e. The highest BCUT2D eigenvalue weighted by molar-refractivity contribution is 7.90. The second-order valence-electron chi connectivity index (χ2n) is 9.55. The molecule has 0 saturated carbocycles. The number of ether oxygens (including phenoxy) is 1. The number of aromatic nitrogens is 3. The average molecular weight is 474 g/mol. The lowest BCUT2D eigenvalue weighted by atomic mass is 9.85. The number of carboxylic acids is 1. The number of carboxylic acid groups (broad SMARTS) is 1. The van der Waals surface area contributed by atoms with E-state index in [0.29, 0.717) is 29.9 Å². The minimum absolute atomic E-state index is 0.0398. The molecule has 0 radical (unpaired) electrons. The zero-order valence-corrected chi connectivity index (χ0v) is 19.8. The van der Waals surface area contributed by atoms with Crippen molar-refractivity contribution in [2.24, 2.45) is 5.41 Å². The Morgan fingerprint density at radius 3 is 2.67 bits per heavy atom. The highest BCUT2D eigenvalue weighted by atomic mass is 32.2. The lowest BCUT2D eigenvalue weighted by Gasteiger charge is -2.38. The molecule has 0 amide bonds. The van der Waals surface area contributed by atoms with E-state index in [-0.39, 0.29) is 29.4 Å². The van der Waals surface area contributed by atoms with Gasteiger partial charge in [-0.2, -0.15) is 5.10 Å². The molecule has 9 nitrogen and oxygen atoms in total. The van der Waals surface area contributed by atoms with Gasteiger partial charge in [-0.25, -0.2) is 13.2 Å². The molecule has 0 fully saturated rings. The molecule has 1 aromatic carbocycles. The Bertz CT molecular complexity index is 1410. The monoisotopic (exact) mass is 473 g/mol. The SMILES string of the molecule is CC(C)(C)C1Cn2nc3c(OCCCS(C)(=O)=O)cccc3c2-c2cc(=O)c(C(=O)O)cn21. The number of rotatable bonds is 6. The highest BCUT2D eigenvalue weighted by Crippen LogP contribution is 2.43. The van der Waals surface area contributed by atoms with Crippen molar-refractivity contribution < 1.29 is 23.1 Å². The van der Waals surface area contributed by atoms with Gasteiger partial charge >= 0.3 is 5.97 Å². The standard InChI is InChI=1S/C23H27N3O6S/c1-23(2,3)19-13-26-21(16-11-17(27)15(22(28)29)12-25(16)19)14-7-5-8-18(20(14)24-26)32-9-6-10-33(4,30)31/h5,7-8,11-12,19H,6,9-10,13H2,1-4H3,(H,28,29). The van der Waals surface area contributed by atoms with Gasteiger partial charge < -0.3 is 14.4 Å². The predicted molar refractivity (Wildman–Crippen MR) is 125 cm³/mol. The summed E-state index contributed by atoms with van der Waals surface area (Å²) in [5, 5.41) is 15.0. The van der Waals surface area contributed by atoms with E-state index in [1.54, 1.807) is 6.07 Å². The Balaban J connectivity index is 1.83. The Morgan fingerprint density at radius 1 is 1.30 bits per heavy atom. The van der Waals surface area contributed by atoms with Crippen LogP contribution in [0.5, 0.6) is 5.75 Å². The van der Waals surface area contributed by atoms with Gasteiger partial charge in [0.2, 0.25) is 0 Å². The number of pyridine rings is 1. The zero-order valence-electron chi connectivity index (χ0n) is 19.0. The van der Waals surface area contributed by atoms with E-state index in [1.807, 2.05) is 21.4 Å². The third-order valence-corrected chi connectivity index (χ3v) is 6.91. The van der Waals surface area contributed by atoms with Crippen molar-refractivity contribution in [1.82, 2.24) is 14.3 Å². The number of nitrogens with zero attached hydrogens (tertiary/aromatic N) is 3. The van der Waals surface area contributed by atoms with E-state index < -0.39 is 21.2 Å². The average Bonchev–Trinajstić information content (AvgIpc) is 3.08. The number of fused-ring (bicyclic) bond motifs is 5. The molecule has 3 heterocycles. The number of benzene rings is 1. The molecule has 33 heavy (non-hydrogen) atoms. The largest absolute Gasteiger partial charge is 0.491 e. The van der Waals surface area contributed by atoms with Crippen LogP contribution in [0.4, 0.5) is 0 Å². The van der Waals surface area contributed by atoms with Crippen LogP contribution in [0.25, 0.3) is 22.3 Å². The van der Waals surface area contributed by atoms with Gasteiger partial charge in [0.15, 0.2) is 5.43 Å². The highest BCUT2D eigenvalue weighted by Gasteiger charge is 2.35. The van der Waals surface area contributed by atoms with Crippen molar-refractivity contribution in [2.75, 3.05) is 18.6 Å². The van der Waals surface area contributed by atoms with Crippen LogP contribution in [0.2, 0.25) is 0 Å². The lowest BCUT2D eigenvalue weighted by Crippen LogP contribution is -2.35. The summed E-state index contributed by atoms with van der Waals surface area (Å²) >= 11 is 0. The van der Waals surface area contributed by atoms with Crippen molar-refractivity contribution >= 4 is 26.7 Å². The molecule has 1 aliphatic rings. The summed E-state index contributed by atoms with van der Waals surface area (Å²) in [6, 6.07) is 6.72. The summed E-state index contributed by atoms with van der Waals surface area (Å²) in [5.74, 6) is -0.680. The zero-order chi connectivity index (χ0) is 24.1. The van der Waals surface area contributed by atoms with Crippen LogP contribution in [0.3, 0.4) is 0 Å². The molecule has 1 N–H and O–H groups in total. The molecule has 1 atom stereocenters. The Labute approximate surface area is 191 Å². The number of aromatic carboxylic acids is 1. The van der Waals surface area contributed by atoms with E-state index >= 15 is 0 Å². The van der Waals surface area contributed by atoms with Crippen LogP contribution >= 0.6 is 0 Å². The van der Waals surface area contributed by atoms with E-state index in [0.717, 1.165) is 11.1 Å². The van der Waals surface area contributed by atoms with Crippen molar-refractivity contribution in [1.29, 1.82) is 0 Å². The van der Waals surface area contributed by atoms with Gasteiger partial charge in [0, 0.05) is 23.9 Å². The van der Waals surface area contributed by atoms with E-state index in [1.165, 1.54) is 18.5 Å². The molecule has 10 heteroatoms. The van der Waals surface area contributed by atoms with E-state index in [4.69, 9.17) is 9.84 Å². The summed E-state index contributed by atoms with van der Waals surface area (Å²) in [6.07, 6.45) is 2.99. The molecule has 3 aromatic rings. The molecule has 1 unspecified atom stereocenters. The summed E-state index contributed by atoms with van der Waals surface area (Å²) in [4.78, 5) is 24.2. The van der Waals surface area contributed by atoms with Crippen molar-refractivity contribution in [2.45, 2.75) is 39.8 Å². The molecule has 176 valence electrons. The molecule has 0 aliphatic carbocycles. The van der Waals surface area contributed by atoms with Crippen LogP contribution in [0, 0.1) is 5.41 Å². The quantitative estimate of drug-likeness (QED) is 0.546. The maximum Gasteiger partial charge on any atom is 0.341 e. The number of hydrogen-bond acceptors (Lipinski definition) is 6. The second kappa shape index (κ2) is 8.02. The third kappa shape index (κ3) is 4.39. The fraction of sp³-hybridized carbons (Fsp3) is 0.435. The van der Waals surface area contributed by atoms with Gasteiger partial charge in [0.1, 0.15) is 26.7 Å². The van der Waals surface area contributed by atoms with Gasteiger partial charge in [-0.15, -0.1) is 0 Å². The molecule has 2 aromatic heterocycles. The van der Waals surface area contributed by atoms with E-state index in [2.05, 4.69) is 20.8 Å². The van der Waals surface area contributed by atoms with Gasteiger partial charge in [-0.3, -0.25) is 9.48 Å². The first-order valence-corrected chi connectivity index (χ1v) is 12.7. The molecule has 4 rings (SSSR count). The maximum absolute atomic E-state index is 12.6. The minimum atomic E-state index is -3.06. The molecule has 0 bridgehead atoms. The van der Waals surface area contributed by atoms with Gasteiger partial charge in [0.05, 0.1) is 36.3 Å². The molecular weight excluding hydrogens is 446 g/mol. The Kier molecular flexibility index (Phi) is 5.60. The third-order valence-electron chi connectivity index (χ3n) is 5.88. The number of sulfone groups is 1. The summed E-state index contributed by atoms with van der Waals surface area (Å²) in [5.41, 5.74) is 0.884. The molecular formula is C23H27N3O6S. The summed E-state index contributed by atoms with van der Waals surface area (Å²) in [7, 11) is -3.06. The van der Waals surface area contributed by atoms with Gasteiger partial charge in [0.25, 0.3) is 0 Å². The fourth-order valence-electron chi connectivity index (χ4n) is 4.25. The summed E-state index contributed by atoms with van der Waals surface area (Å²) < 4.78 is 32.3. The Hall–Kier alpha value is -3.14. The lowest BCUT2D eigenvalue weighted by molar-refractivity contribution is 0.0693. The fourth-order valence-corrected chi connectivity index (χ4v) is 4.89. The topological polar surface area (TPSA) is 120 Å². The van der Waals surface area contributed by atoms with Crippen molar-refractivity contribution in [3.05, 3.63) is 46.2 Å². The molecule has 1 aliphatic heterocycles. The van der Waals surface area contributed by atoms with Crippen LogP contribution in [-0.2, 0) is 16.4 Å². The van der Waals surface area contributed by atoms with Crippen LogP contribution in [-0.4, -0.2) is 52.5 Å². The Morgan fingerprint density at radius 2 is 2.03 bits per heavy atom. The first kappa shape index (κ1) is 23.0. The van der Waals surface area contributed by atoms with E-state index in [9.17, 15) is 23.1 Å². The maximum atomic E-state index is 12.6. The molecule has 0 saturated heterocycles. The minimum Gasteiger partial charge on any atom is -0.491 e. The van der Waals surface area contributed by atoms with Gasteiger partial charge in [-0.05, 0) is 17.9 Å². The first-order chi connectivity index (χ1) is 15.4. The van der Waals surface area contributed by atoms with Crippen LogP contribution in [0.1, 0.15) is 43.6 Å². The van der Waals surface area contributed by atoms with Crippen molar-refractivity contribution in [3.8, 4) is 17.1 Å². The number of carbonyl (C=O) groups is 1. The predicted octanol–water partition coefficient (Wildman–Crippen LogP) is 2.98. The van der Waals surface area contributed by atoms with Crippen LogP contribution in [0.15, 0.2) is 35.3 Å².